The number of hydrogen-bond donors (Lipinski definition) is 2. The predicted molar refractivity (Wildman–Crippen MR) is 108 cm³/mol. The van der Waals surface area contributed by atoms with Crippen molar-refractivity contribution in [2.75, 3.05) is 11.9 Å². The minimum atomic E-state index is -0.952. The van der Waals surface area contributed by atoms with E-state index in [0.29, 0.717) is 24.7 Å². The lowest BCUT2D eigenvalue weighted by Crippen LogP contribution is -2.03. The third kappa shape index (κ3) is 4.94. The molecule has 0 amide bonds. The molecule has 28 heavy (non-hydrogen) atoms. The van der Waals surface area contributed by atoms with Gasteiger partial charge in [-0.2, -0.15) is 0 Å². The second-order valence-corrected chi connectivity index (χ2v) is 6.24. The molecule has 3 aromatic rings. The molecule has 2 aromatic carbocycles. The largest absolute Gasteiger partial charge is 0.489 e. The van der Waals surface area contributed by atoms with E-state index < -0.39 is 5.97 Å². The molecule has 142 valence electrons. The number of ether oxygens (including phenoxy) is 1. The van der Waals surface area contributed by atoms with Gasteiger partial charge in [-0.25, -0.2) is 14.8 Å². The van der Waals surface area contributed by atoms with Crippen molar-refractivity contribution in [2.24, 2.45) is 0 Å². The Morgan fingerprint density at radius 1 is 1.25 bits per heavy atom. The van der Waals surface area contributed by atoms with Gasteiger partial charge in [0.1, 0.15) is 24.0 Å². The Morgan fingerprint density at radius 2 is 2.11 bits per heavy atom. The Balaban J connectivity index is 1.77. The van der Waals surface area contributed by atoms with E-state index >= 15 is 0 Å². The number of hydrogen-bond acceptors (Lipinski definition) is 5. The van der Waals surface area contributed by atoms with Crippen LogP contribution in [0.15, 0.2) is 67.4 Å². The molecule has 0 aliphatic heterocycles. The number of nitrogens with one attached hydrogen (secondary N) is 1. The number of anilines is 2. The average molecular weight is 375 g/mol. The molecule has 6 heteroatoms. The first-order valence-corrected chi connectivity index (χ1v) is 8.80. The summed E-state index contributed by atoms with van der Waals surface area (Å²) in [5.41, 5.74) is 3.03. The van der Waals surface area contributed by atoms with Crippen LogP contribution in [0.4, 0.5) is 11.5 Å². The molecule has 0 atom stereocenters. The second-order valence-electron chi connectivity index (χ2n) is 6.24. The molecule has 0 unspecified atom stereocenters. The minimum Gasteiger partial charge on any atom is -0.489 e. The van der Waals surface area contributed by atoms with Crippen LogP contribution < -0.4 is 10.1 Å². The molecule has 6 nitrogen and oxygen atoms in total. The van der Waals surface area contributed by atoms with E-state index in [0.717, 1.165) is 22.6 Å². The van der Waals surface area contributed by atoms with Gasteiger partial charge in [-0.15, -0.1) is 0 Å². The van der Waals surface area contributed by atoms with Crippen LogP contribution in [-0.4, -0.2) is 27.7 Å². The standard InChI is InChI=1S/C22H21N3O3/c1-3-11-28-18-8-7-15(2)19(14-18)24-20-9-10-23-21(25-20)13-16-5-4-6-17(12-16)22(26)27/h3-10,12,14H,1,11,13H2,2H3,(H,26,27)(H,23,24,25). The maximum Gasteiger partial charge on any atom is 0.335 e. The summed E-state index contributed by atoms with van der Waals surface area (Å²) in [6.07, 6.45) is 3.82. The van der Waals surface area contributed by atoms with Crippen LogP contribution in [0.25, 0.3) is 0 Å². The molecule has 0 bridgehead atoms. The van der Waals surface area contributed by atoms with Gasteiger partial charge in [0.15, 0.2) is 0 Å². The lowest BCUT2D eigenvalue weighted by Gasteiger charge is -2.12. The van der Waals surface area contributed by atoms with Gasteiger partial charge in [-0.05, 0) is 42.3 Å². The number of carbonyl (C=O) groups is 1. The van der Waals surface area contributed by atoms with Gasteiger partial charge in [0, 0.05) is 24.4 Å². The Hall–Kier alpha value is -3.67. The van der Waals surface area contributed by atoms with Crippen molar-refractivity contribution in [3.8, 4) is 5.75 Å². The summed E-state index contributed by atoms with van der Waals surface area (Å²) < 4.78 is 5.58. The number of nitrogens with zero attached hydrogens (tertiary/aromatic N) is 2. The molecule has 0 fully saturated rings. The SMILES string of the molecule is C=CCOc1ccc(C)c(Nc2ccnc(Cc3cccc(C(=O)O)c3)n2)c1. The number of aromatic carboxylic acids is 1. The van der Waals surface area contributed by atoms with Crippen LogP contribution in [0.1, 0.15) is 27.3 Å². The molecule has 0 aliphatic rings. The van der Waals surface area contributed by atoms with Crippen LogP contribution in [0, 0.1) is 6.92 Å². The van der Waals surface area contributed by atoms with Crippen LogP contribution >= 0.6 is 0 Å². The average Bonchev–Trinajstić information content (AvgIpc) is 2.69. The first kappa shape index (κ1) is 19.1. The molecule has 0 spiro atoms. The van der Waals surface area contributed by atoms with E-state index in [4.69, 9.17) is 9.84 Å². The lowest BCUT2D eigenvalue weighted by molar-refractivity contribution is 0.0696. The first-order chi connectivity index (χ1) is 13.5. The maximum atomic E-state index is 11.1. The highest BCUT2D eigenvalue weighted by atomic mass is 16.5. The third-order valence-corrected chi connectivity index (χ3v) is 4.08. The summed E-state index contributed by atoms with van der Waals surface area (Å²) in [6, 6.07) is 14.4. The van der Waals surface area contributed by atoms with Crippen molar-refractivity contribution < 1.29 is 14.6 Å². The summed E-state index contributed by atoms with van der Waals surface area (Å²) in [5, 5.41) is 12.4. The van der Waals surface area contributed by atoms with Gasteiger partial charge in [0.2, 0.25) is 0 Å². The van der Waals surface area contributed by atoms with Crippen molar-refractivity contribution in [2.45, 2.75) is 13.3 Å². The zero-order valence-electron chi connectivity index (χ0n) is 15.6. The zero-order valence-corrected chi connectivity index (χ0v) is 15.6. The number of carboxylic acid groups (broad SMARTS) is 1. The van der Waals surface area contributed by atoms with E-state index in [1.54, 1.807) is 36.5 Å². The van der Waals surface area contributed by atoms with Gasteiger partial charge < -0.3 is 15.2 Å². The number of rotatable bonds is 8. The van der Waals surface area contributed by atoms with Gasteiger partial charge in [0.25, 0.3) is 0 Å². The van der Waals surface area contributed by atoms with Gasteiger partial charge in [-0.3, -0.25) is 0 Å². The van der Waals surface area contributed by atoms with Crippen molar-refractivity contribution in [3.63, 3.8) is 0 Å². The van der Waals surface area contributed by atoms with Crippen molar-refractivity contribution in [3.05, 3.63) is 89.9 Å². The van der Waals surface area contributed by atoms with Gasteiger partial charge >= 0.3 is 5.97 Å². The zero-order chi connectivity index (χ0) is 19.9. The summed E-state index contributed by atoms with van der Waals surface area (Å²) in [6.45, 7) is 6.09. The molecule has 3 rings (SSSR count). The highest BCUT2D eigenvalue weighted by Gasteiger charge is 2.07. The van der Waals surface area contributed by atoms with Gasteiger partial charge in [0.05, 0.1) is 5.56 Å². The summed E-state index contributed by atoms with van der Waals surface area (Å²) in [5.74, 6) is 1.05. The summed E-state index contributed by atoms with van der Waals surface area (Å²) in [4.78, 5) is 20.0. The van der Waals surface area contributed by atoms with Crippen molar-refractivity contribution in [1.82, 2.24) is 9.97 Å². The topological polar surface area (TPSA) is 84.3 Å². The molecule has 0 saturated heterocycles. The van der Waals surface area contributed by atoms with Crippen LogP contribution in [0.3, 0.4) is 0 Å². The fourth-order valence-corrected chi connectivity index (χ4v) is 2.67. The Labute approximate surface area is 163 Å². The number of aromatic nitrogens is 2. The Bertz CT molecular complexity index is 1000. The molecule has 0 saturated carbocycles. The fourth-order valence-electron chi connectivity index (χ4n) is 2.67. The molecule has 1 aromatic heterocycles. The molecule has 2 N–H and O–H groups in total. The Morgan fingerprint density at radius 3 is 2.89 bits per heavy atom. The monoisotopic (exact) mass is 375 g/mol. The maximum absolute atomic E-state index is 11.1. The highest BCUT2D eigenvalue weighted by molar-refractivity contribution is 5.87. The number of benzene rings is 2. The Kier molecular flexibility index (Phi) is 6.01. The molecule has 0 radical (unpaired) electrons. The van der Waals surface area contributed by atoms with Crippen molar-refractivity contribution in [1.29, 1.82) is 0 Å². The van der Waals surface area contributed by atoms with Crippen LogP contribution in [0.5, 0.6) is 5.75 Å². The summed E-state index contributed by atoms with van der Waals surface area (Å²) >= 11 is 0. The normalized spacial score (nSPS) is 10.3. The van der Waals surface area contributed by atoms with Crippen LogP contribution in [0.2, 0.25) is 0 Å². The van der Waals surface area contributed by atoms with Crippen molar-refractivity contribution >= 4 is 17.5 Å². The molecule has 1 heterocycles. The predicted octanol–water partition coefficient (Wildman–Crippen LogP) is 4.38. The van der Waals surface area contributed by atoms with E-state index in [2.05, 4.69) is 21.9 Å². The molecule has 0 aliphatic carbocycles. The summed E-state index contributed by atoms with van der Waals surface area (Å²) in [7, 11) is 0. The number of aryl methyl sites for hydroxylation is 1. The highest BCUT2D eigenvalue weighted by Crippen LogP contribution is 2.25. The van der Waals surface area contributed by atoms with E-state index in [9.17, 15) is 4.79 Å². The fraction of sp³-hybridized carbons (Fsp3) is 0.136. The van der Waals surface area contributed by atoms with E-state index in [1.807, 2.05) is 31.2 Å². The number of carboxylic acids is 1. The first-order valence-electron chi connectivity index (χ1n) is 8.80. The molecular weight excluding hydrogens is 354 g/mol. The van der Waals surface area contributed by atoms with Crippen LogP contribution in [-0.2, 0) is 6.42 Å². The molecular formula is C22H21N3O3. The smallest absolute Gasteiger partial charge is 0.335 e. The van der Waals surface area contributed by atoms with E-state index in [1.165, 1.54) is 0 Å². The van der Waals surface area contributed by atoms with E-state index in [-0.39, 0.29) is 5.56 Å². The minimum absolute atomic E-state index is 0.249. The third-order valence-electron chi connectivity index (χ3n) is 4.08. The van der Waals surface area contributed by atoms with Gasteiger partial charge in [-0.1, -0.05) is 30.9 Å². The second kappa shape index (κ2) is 8.81. The quantitative estimate of drug-likeness (QED) is 0.568. The lowest BCUT2D eigenvalue weighted by atomic mass is 10.1.